The molecular weight excluding hydrogens is 202 g/mol. The van der Waals surface area contributed by atoms with E-state index in [9.17, 15) is 4.79 Å². The molecule has 0 aromatic carbocycles. The van der Waals surface area contributed by atoms with Crippen molar-refractivity contribution in [3.05, 3.63) is 22.7 Å². The predicted octanol–water partition coefficient (Wildman–Crippen LogP) is 0.584. The fraction of sp³-hybridized carbons (Fsp3) is 0.125. The molecule has 1 N–H and O–H groups in total. The highest BCUT2D eigenvalue weighted by Gasteiger charge is 2.24. The molecule has 1 aliphatic rings. The van der Waals surface area contributed by atoms with E-state index in [4.69, 9.17) is 16.7 Å². The van der Waals surface area contributed by atoms with Crippen molar-refractivity contribution in [1.29, 1.82) is 0 Å². The average Bonchev–Trinajstić information content (AvgIpc) is 2.59. The van der Waals surface area contributed by atoms with Crippen LogP contribution in [0.1, 0.15) is 0 Å². The molecule has 4 nitrogen and oxygen atoms in total. The Morgan fingerprint density at radius 3 is 2.79 bits per heavy atom. The van der Waals surface area contributed by atoms with Crippen molar-refractivity contribution in [3.8, 4) is 0 Å². The number of hydrogen-bond donors (Lipinski definition) is 1. The number of allylic oxidation sites excluding steroid dienone is 1. The lowest BCUT2D eigenvalue weighted by Crippen LogP contribution is -2.03. The molecule has 0 saturated carbocycles. The molecule has 0 aromatic rings. The Morgan fingerprint density at radius 1 is 1.71 bits per heavy atom. The maximum atomic E-state index is 10.8. The lowest BCUT2D eigenvalue weighted by atomic mass is 9.73. The molecule has 0 amide bonds. The Labute approximate surface area is 86.9 Å². The standard InChI is InChI=1S/C8H8BClN2O2/c1-11-6-4(8(13)14)3-9-5(6)7(10)12-2/h3,9H,1H2,2H3,(H,13,14)/b12-7+. The van der Waals surface area contributed by atoms with Gasteiger partial charge in [-0.15, -0.1) is 0 Å². The lowest BCUT2D eigenvalue weighted by Gasteiger charge is -2.01. The van der Waals surface area contributed by atoms with Gasteiger partial charge in [-0.1, -0.05) is 17.6 Å². The molecule has 0 fully saturated rings. The highest BCUT2D eigenvalue weighted by molar-refractivity contribution is 6.80. The normalized spacial score (nSPS) is 16.4. The van der Waals surface area contributed by atoms with Crippen LogP contribution in [-0.4, -0.2) is 37.3 Å². The summed E-state index contributed by atoms with van der Waals surface area (Å²) in [6, 6.07) is 0. The fourth-order valence-corrected chi connectivity index (χ4v) is 1.41. The van der Waals surface area contributed by atoms with Gasteiger partial charge in [0.1, 0.15) is 5.17 Å². The first kappa shape index (κ1) is 10.7. The van der Waals surface area contributed by atoms with E-state index in [1.807, 2.05) is 0 Å². The number of rotatable bonds is 3. The van der Waals surface area contributed by atoms with Crippen LogP contribution in [0.5, 0.6) is 0 Å². The maximum Gasteiger partial charge on any atom is 0.336 e. The minimum absolute atomic E-state index is 0.136. The zero-order valence-corrected chi connectivity index (χ0v) is 8.38. The van der Waals surface area contributed by atoms with Crippen molar-refractivity contribution < 1.29 is 9.90 Å². The van der Waals surface area contributed by atoms with E-state index in [0.29, 0.717) is 18.4 Å². The summed E-state index contributed by atoms with van der Waals surface area (Å²) in [5.41, 5.74) is 1.06. The summed E-state index contributed by atoms with van der Waals surface area (Å²) >= 11 is 5.79. The number of halogens is 1. The van der Waals surface area contributed by atoms with Crippen LogP contribution >= 0.6 is 11.6 Å². The Bertz CT molecular complexity index is 385. The van der Waals surface area contributed by atoms with Crippen molar-refractivity contribution in [2.45, 2.75) is 0 Å². The van der Waals surface area contributed by atoms with Gasteiger partial charge in [-0.05, 0) is 12.2 Å². The molecule has 0 unspecified atom stereocenters. The van der Waals surface area contributed by atoms with Crippen molar-refractivity contribution in [2.75, 3.05) is 7.05 Å². The van der Waals surface area contributed by atoms with Crippen molar-refractivity contribution in [3.63, 3.8) is 0 Å². The van der Waals surface area contributed by atoms with E-state index in [1.54, 1.807) is 5.98 Å². The molecule has 0 atom stereocenters. The topological polar surface area (TPSA) is 62.0 Å². The molecule has 0 bridgehead atoms. The summed E-state index contributed by atoms with van der Waals surface area (Å²) in [7, 11) is 1.97. The summed E-state index contributed by atoms with van der Waals surface area (Å²) in [5.74, 6) is 0.526. The van der Waals surface area contributed by atoms with Gasteiger partial charge in [-0.25, -0.2) is 4.79 Å². The molecule has 1 heterocycles. The average molecular weight is 210 g/mol. The van der Waals surface area contributed by atoms with Crippen LogP contribution < -0.4 is 0 Å². The number of aliphatic imine (C=N–C) groups is 2. The highest BCUT2D eigenvalue weighted by atomic mass is 35.5. The smallest absolute Gasteiger partial charge is 0.336 e. The first-order chi connectivity index (χ1) is 6.61. The first-order valence-corrected chi connectivity index (χ1v) is 4.26. The largest absolute Gasteiger partial charge is 0.478 e. The van der Waals surface area contributed by atoms with E-state index < -0.39 is 5.97 Å². The SMILES string of the molecule is C=NC1=C(/C(Cl)=N\C)BC=C1C(=O)O. The number of nitrogens with zero attached hydrogens (tertiary/aromatic N) is 2. The monoisotopic (exact) mass is 210 g/mol. The maximum absolute atomic E-state index is 10.8. The molecular formula is C8H8BClN2O2. The summed E-state index contributed by atoms with van der Waals surface area (Å²) in [6.45, 7) is 3.32. The first-order valence-electron chi connectivity index (χ1n) is 3.88. The van der Waals surface area contributed by atoms with Crippen LogP contribution in [0.2, 0.25) is 0 Å². The summed E-state index contributed by atoms with van der Waals surface area (Å²) < 4.78 is 0. The van der Waals surface area contributed by atoms with Crippen molar-refractivity contribution in [1.82, 2.24) is 0 Å². The zero-order valence-electron chi connectivity index (χ0n) is 7.62. The molecule has 72 valence electrons. The zero-order chi connectivity index (χ0) is 10.7. The van der Waals surface area contributed by atoms with E-state index in [0.717, 1.165) is 0 Å². The van der Waals surface area contributed by atoms with Crippen LogP contribution in [-0.2, 0) is 4.79 Å². The Hall–Kier alpha value is -1.36. The fourth-order valence-electron chi connectivity index (χ4n) is 1.25. The number of carboxylic acids is 1. The van der Waals surface area contributed by atoms with Gasteiger partial charge in [0.05, 0.1) is 11.3 Å². The van der Waals surface area contributed by atoms with Gasteiger partial charge in [0.2, 0.25) is 0 Å². The molecule has 6 heteroatoms. The van der Waals surface area contributed by atoms with Gasteiger partial charge in [0.15, 0.2) is 7.28 Å². The molecule has 1 rings (SSSR count). The van der Waals surface area contributed by atoms with Crippen LogP contribution in [0.25, 0.3) is 0 Å². The van der Waals surface area contributed by atoms with E-state index in [-0.39, 0.29) is 10.7 Å². The number of aliphatic carboxylic acids is 1. The molecule has 0 aromatic heterocycles. The summed E-state index contributed by atoms with van der Waals surface area (Å²) in [5, 5.41) is 9.09. The second-order valence-corrected chi connectivity index (χ2v) is 2.98. The van der Waals surface area contributed by atoms with Gasteiger partial charge in [-0.3, -0.25) is 9.98 Å². The third-order valence-electron chi connectivity index (χ3n) is 1.89. The van der Waals surface area contributed by atoms with Crippen LogP contribution in [0.4, 0.5) is 0 Å². The van der Waals surface area contributed by atoms with Crippen molar-refractivity contribution in [2.24, 2.45) is 9.98 Å². The second kappa shape index (κ2) is 4.24. The molecule has 0 saturated heterocycles. The molecule has 0 radical (unpaired) electrons. The highest BCUT2D eigenvalue weighted by Crippen LogP contribution is 2.24. The molecule has 14 heavy (non-hydrogen) atoms. The summed E-state index contributed by atoms with van der Waals surface area (Å²) in [4.78, 5) is 18.2. The van der Waals surface area contributed by atoms with Crippen LogP contribution in [0.15, 0.2) is 32.7 Å². The van der Waals surface area contributed by atoms with E-state index in [2.05, 4.69) is 16.7 Å². The Balaban J connectivity index is 3.17. The third-order valence-corrected chi connectivity index (χ3v) is 2.28. The lowest BCUT2D eigenvalue weighted by molar-refractivity contribution is -0.132. The predicted molar refractivity (Wildman–Crippen MR) is 58.7 cm³/mol. The number of carbonyl (C=O) groups is 1. The number of hydrogen-bond acceptors (Lipinski definition) is 3. The van der Waals surface area contributed by atoms with E-state index in [1.165, 1.54) is 7.05 Å². The van der Waals surface area contributed by atoms with Gasteiger partial charge < -0.3 is 5.11 Å². The number of carboxylic acid groups (broad SMARTS) is 1. The van der Waals surface area contributed by atoms with Crippen LogP contribution in [0.3, 0.4) is 0 Å². The Kier molecular flexibility index (Phi) is 3.25. The molecule has 1 aliphatic heterocycles. The molecule has 0 aliphatic carbocycles. The van der Waals surface area contributed by atoms with E-state index >= 15 is 0 Å². The third kappa shape index (κ3) is 1.77. The van der Waals surface area contributed by atoms with Gasteiger partial charge >= 0.3 is 5.97 Å². The van der Waals surface area contributed by atoms with Crippen LogP contribution in [0, 0.1) is 0 Å². The van der Waals surface area contributed by atoms with Crippen molar-refractivity contribution >= 4 is 36.7 Å². The van der Waals surface area contributed by atoms with Gasteiger partial charge in [0, 0.05) is 7.05 Å². The minimum Gasteiger partial charge on any atom is -0.478 e. The minimum atomic E-state index is -1.03. The molecule has 0 spiro atoms. The second-order valence-electron chi connectivity index (χ2n) is 2.63. The summed E-state index contributed by atoms with van der Waals surface area (Å²) in [6.07, 6.45) is 0. The van der Waals surface area contributed by atoms with Gasteiger partial charge in [0.25, 0.3) is 0 Å². The Morgan fingerprint density at radius 2 is 2.36 bits per heavy atom. The quantitative estimate of drug-likeness (QED) is 0.547. The van der Waals surface area contributed by atoms with Gasteiger partial charge in [-0.2, -0.15) is 0 Å².